The molecule has 0 aliphatic carbocycles. The molecule has 1 amide bonds. The number of allylic oxidation sites excluding steroid dienone is 1. The number of benzene rings is 1. The number of nitrogens with one attached hydrogen (secondary N) is 1. The second-order valence-electron chi connectivity index (χ2n) is 10.1. The number of ether oxygens (including phenoxy) is 1. The van der Waals surface area contributed by atoms with Crippen LogP contribution in [0.2, 0.25) is 0 Å². The fourth-order valence-corrected chi connectivity index (χ4v) is 4.85. The van der Waals surface area contributed by atoms with Gasteiger partial charge in [0.25, 0.3) is 0 Å². The Kier molecular flexibility index (Phi) is 7.70. The van der Waals surface area contributed by atoms with Gasteiger partial charge in [-0.2, -0.15) is 0 Å². The Hall–Kier alpha value is -2.28. The molecule has 1 fully saturated rings. The van der Waals surface area contributed by atoms with Crippen LogP contribution in [0.25, 0.3) is 0 Å². The monoisotopic (exact) mass is 457 g/mol. The fourth-order valence-electron chi connectivity index (χ4n) is 3.83. The topological polar surface area (TPSA) is 71.0 Å². The first-order chi connectivity index (χ1) is 15.0. The van der Waals surface area contributed by atoms with E-state index in [0.29, 0.717) is 24.3 Å². The molecule has 0 bridgehead atoms. The van der Waals surface area contributed by atoms with E-state index in [-0.39, 0.29) is 29.3 Å². The van der Waals surface area contributed by atoms with Crippen LogP contribution in [0.15, 0.2) is 40.5 Å². The summed E-state index contributed by atoms with van der Waals surface area (Å²) < 4.78 is 5.61. The molecule has 0 aromatic heterocycles. The molecule has 1 aromatic carbocycles. The summed E-state index contributed by atoms with van der Waals surface area (Å²) in [7, 11) is 0. The molecule has 1 aromatic rings. The first-order valence-electron chi connectivity index (χ1n) is 11.3. The average Bonchev–Trinajstić information content (AvgIpc) is 2.70. The number of carbonyl (C=O) groups is 2. The number of amides is 1. The lowest BCUT2D eigenvalue weighted by atomic mass is 9.92. The van der Waals surface area contributed by atoms with E-state index in [1.54, 1.807) is 11.8 Å². The van der Waals surface area contributed by atoms with Gasteiger partial charge in [-0.15, -0.1) is 0 Å². The smallest absolute Gasteiger partial charge is 0.338 e. The van der Waals surface area contributed by atoms with Crippen LogP contribution in [0.3, 0.4) is 0 Å². The van der Waals surface area contributed by atoms with Gasteiger partial charge in [0, 0.05) is 24.4 Å². The first kappa shape index (κ1) is 24.4. The molecule has 0 spiro atoms. The number of anilines is 1. The normalized spacial score (nSPS) is 18.9. The standard InChI is InChI=1S/C25H35N3O3S/c1-16(2)15-31-23(30)21-17(3)26-24-28(12-7-13-32-24)22(21)18-8-10-19(11-9-18)27-20(29)14-25(4,5)6/h8-11,16,22H,7,12-15H2,1-6H3,(H,27,29). The molecule has 1 unspecified atom stereocenters. The van der Waals surface area contributed by atoms with Gasteiger partial charge in [0.1, 0.15) is 0 Å². The summed E-state index contributed by atoms with van der Waals surface area (Å²) in [6, 6.07) is 7.55. The minimum atomic E-state index is -0.304. The third-order valence-electron chi connectivity index (χ3n) is 5.23. The fraction of sp³-hybridized carbons (Fsp3) is 0.560. The number of fused-ring (bicyclic) bond motifs is 1. The lowest BCUT2D eigenvalue weighted by Crippen LogP contribution is -2.42. The highest BCUT2D eigenvalue weighted by Crippen LogP contribution is 2.40. The molecule has 2 aliphatic rings. The lowest BCUT2D eigenvalue weighted by molar-refractivity contribution is -0.141. The van der Waals surface area contributed by atoms with Crippen molar-refractivity contribution in [3.63, 3.8) is 0 Å². The van der Waals surface area contributed by atoms with E-state index in [0.717, 1.165) is 35.1 Å². The minimum Gasteiger partial charge on any atom is -0.462 e. The number of nitrogens with zero attached hydrogens (tertiary/aromatic N) is 2. The van der Waals surface area contributed by atoms with E-state index in [1.165, 1.54) is 0 Å². The molecule has 3 rings (SSSR count). The van der Waals surface area contributed by atoms with Gasteiger partial charge in [-0.05, 0) is 42.4 Å². The van der Waals surface area contributed by atoms with Gasteiger partial charge in [0.2, 0.25) is 5.91 Å². The number of carbonyl (C=O) groups excluding carboxylic acids is 2. The van der Waals surface area contributed by atoms with Crippen LogP contribution in [0.4, 0.5) is 5.69 Å². The summed E-state index contributed by atoms with van der Waals surface area (Å²) in [6.07, 6.45) is 1.49. The predicted octanol–water partition coefficient (Wildman–Crippen LogP) is 5.38. The zero-order valence-electron chi connectivity index (χ0n) is 20.0. The highest BCUT2D eigenvalue weighted by atomic mass is 32.2. The van der Waals surface area contributed by atoms with Gasteiger partial charge in [0.15, 0.2) is 5.17 Å². The summed E-state index contributed by atoms with van der Waals surface area (Å²) in [6.45, 7) is 13.3. The van der Waals surface area contributed by atoms with E-state index in [9.17, 15) is 9.59 Å². The van der Waals surface area contributed by atoms with Crippen LogP contribution in [-0.4, -0.2) is 40.8 Å². The number of thioether (sulfide) groups is 1. The highest BCUT2D eigenvalue weighted by molar-refractivity contribution is 8.13. The predicted molar refractivity (Wildman–Crippen MR) is 132 cm³/mol. The summed E-state index contributed by atoms with van der Waals surface area (Å²) in [5, 5.41) is 3.94. The summed E-state index contributed by atoms with van der Waals surface area (Å²) in [4.78, 5) is 32.3. The average molecular weight is 458 g/mol. The molecule has 0 saturated carbocycles. The van der Waals surface area contributed by atoms with Gasteiger partial charge in [0.05, 0.1) is 23.9 Å². The van der Waals surface area contributed by atoms with E-state index in [4.69, 9.17) is 9.73 Å². The van der Waals surface area contributed by atoms with Crippen LogP contribution in [0, 0.1) is 11.3 Å². The highest BCUT2D eigenvalue weighted by Gasteiger charge is 2.38. The van der Waals surface area contributed by atoms with Gasteiger partial charge >= 0.3 is 5.97 Å². The van der Waals surface area contributed by atoms with Crippen molar-refractivity contribution in [1.29, 1.82) is 0 Å². The maximum absolute atomic E-state index is 13.1. The Bertz CT molecular complexity index is 913. The maximum Gasteiger partial charge on any atom is 0.338 e. The number of rotatable bonds is 6. The summed E-state index contributed by atoms with van der Waals surface area (Å²) in [5.74, 6) is 0.990. The third kappa shape index (κ3) is 6.15. The number of aliphatic imine (C=N–C) groups is 1. The second kappa shape index (κ2) is 10.1. The summed E-state index contributed by atoms with van der Waals surface area (Å²) in [5.41, 5.74) is 2.99. The van der Waals surface area contributed by atoms with Crippen molar-refractivity contribution in [1.82, 2.24) is 4.90 Å². The second-order valence-corrected chi connectivity index (χ2v) is 11.2. The quantitative estimate of drug-likeness (QED) is 0.581. The Morgan fingerprint density at radius 3 is 2.56 bits per heavy atom. The molecule has 1 atom stereocenters. The van der Waals surface area contributed by atoms with Gasteiger partial charge < -0.3 is 15.0 Å². The summed E-state index contributed by atoms with van der Waals surface area (Å²) >= 11 is 1.73. The maximum atomic E-state index is 13.1. The molecule has 1 saturated heterocycles. The molecule has 7 heteroatoms. The van der Waals surface area contributed by atoms with Crippen LogP contribution >= 0.6 is 11.8 Å². The van der Waals surface area contributed by atoms with E-state index in [2.05, 4.69) is 10.2 Å². The number of amidine groups is 1. The molecule has 2 aliphatic heterocycles. The van der Waals surface area contributed by atoms with Crippen molar-refractivity contribution < 1.29 is 14.3 Å². The molecule has 0 radical (unpaired) electrons. The van der Waals surface area contributed by atoms with Crippen LogP contribution in [-0.2, 0) is 14.3 Å². The lowest BCUT2D eigenvalue weighted by Gasteiger charge is -2.40. The minimum absolute atomic E-state index is 0.00143. The van der Waals surface area contributed by atoms with Gasteiger partial charge in [-0.3, -0.25) is 4.79 Å². The van der Waals surface area contributed by atoms with Crippen molar-refractivity contribution >= 4 is 34.5 Å². The Morgan fingerprint density at radius 2 is 1.94 bits per heavy atom. The third-order valence-corrected chi connectivity index (χ3v) is 6.30. The van der Waals surface area contributed by atoms with Crippen molar-refractivity contribution in [2.75, 3.05) is 24.2 Å². The van der Waals surface area contributed by atoms with E-state index >= 15 is 0 Å². The van der Waals surface area contributed by atoms with Crippen molar-refractivity contribution in [2.45, 2.75) is 60.4 Å². The van der Waals surface area contributed by atoms with Gasteiger partial charge in [-0.25, -0.2) is 9.79 Å². The molecule has 174 valence electrons. The Labute approximate surface area is 195 Å². The largest absolute Gasteiger partial charge is 0.462 e. The number of hydrogen-bond acceptors (Lipinski definition) is 6. The van der Waals surface area contributed by atoms with E-state index < -0.39 is 0 Å². The molecule has 2 heterocycles. The number of esters is 1. The van der Waals surface area contributed by atoms with Crippen molar-refractivity contribution in [2.24, 2.45) is 16.3 Å². The van der Waals surface area contributed by atoms with Crippen molar-refractivity contribution in [3.8, 4) is 0 Å². The zero-order chi connectivity index (χ0) is 23.5. The van der Waals surface area contributed by atoms with Crippen LogP contribution in [0.5, 0.6) is 0 Å². The number of hydrogen-bond donors (Lipinski definition) is 1. The van der Waals surface area contributed by atoms with E-state index in [1.807, 2.05) is 65.8 Å². The van der Waals surface area contributed by atoms with Crippen molar-refractivity contribution in [3.05, 3.63) is 41.1 Å². The Morgan fingerprint density at radius 1 is 1.25 bits per heavy atom. The van der Waals surface area contributed by atoms with Gasteiger partial charge in [-0.1, -0.05) is 58.5 Å². The molecule has 32 heavy (non-hydrogen) atoms. The molecular weight excluding hydrogens is 422 g/mol. The van der Waals surface area contributed by atoms with Crippen LogP contribution < -0.4 is 5.32 Å². The molecule has 1 N–H and O–H groups in total. The molecule has 6 nitrogen and oxygen atoms in total. The SMILES string of the molecule is CC1=C(C(=O)OCC(C)C)C(c2ccc(NC(=O)CC(C)(C)C)cc2)N2CCCSC2=N1. The molecular formula is C25H35N3O3S. The first-order valence-corrected chi connectivity index (χ1v) is 12.3. The Balaban J connectivity index is 1.87. The van der Waals surface area contributed by atoms with Crippen LogP contribution in [0.1, 0.15) is 66.0 Å². The zero-order valence-corrected chi connectivity index (χ0v) is 20.8.